The van der Waals surface area contributed by atoms with E-state index >= 15 is 0 Å². The number of hydrogen-bond acceptors (Lipinski definition) is 1. The minimum Gasteiger partial charge on any atom is -0.310 e. The van der Waals surface area contributed by atoms with Crippen LogP contribution in [0.4, 0.5) is 0 Å². The van der Waals surface area contributed by atoms with Gasteiger partial charge in [0.2, 0.25) is 0 Å². The van der Waals surface area contributed by atoms with Crippen molar-refractivity contribution in [3.8, 4) is 0 Å². The summed E-state index contributed by atoms with van der Waals surface area (Å²) in [6.45, 7) is 1.16. The van der Waals surface area contributed by atoms with Crippen LogP contribution in [0.1, 0.15) is 18.0 Å². The molecule has 0 amide bonds. The Morgan fingerprint density at radius 2 is 2.17 bits per heavy atom. The van der Waals surface area contributed by atoms with Crippen LogP contribution in [0.5, 0.6) is 0 Å². The second-order valence-electron chi connectivity index (χ2n) is 2.85. The summed E-state index contributed by atoms with van der Waals surface area (Å²) in [4.78, 5) is 0. The van der Waals surface area contributed by atoms with E-state index in [-0.39, 0.29) is 12.4 Å². The third-order valence-corrected chi connectivity index (χ3v) is 2.57. The van der Waals surface area contributed by atoms with E-state index in [1.165, 1.54) is 16.5 Å². The van der Waals surface area contributed by atoms with Crippen molar-refractivity contribution in [2.24, 2.45) is 0 Å². The van der Waals surface area contributed by atoms with Crippen LogP contribution in [-0.2, 0) is 0 Å². The smallest absolute Gasteiger partial charge is 0.0332 e. The molecule has 1 aliphatic rings. The Morgan fingerprint density at radius 1 is 1.42 bits per heavy atom. The lowest BCUT2D eigenvalue weighted by Crippen LogP contribution is -2.34. The minimum absolute atomic E-state index is 0. The number of nitrogens with one attached hydrogen (secondary N) is 1. The molecule has 0 unspecified atom stereocenters. The summed E-state index contributed by atoms with van der Waals surface area (Å²) in [6.07, 6.45) is 1.27. The normalized spacial score (nSPS) is 20.9. The monoisotopic (exact) mass is 247 g/mol. The predicted molar refractivity (Wildman–Crippen MR) is 56.8 cm³/mol. The van der Waals surface area contributed by atoms with E-state index < -0.39 is 0 Å². The molecular formula is C9H11BrClN. The molecule has 1 nitrogen and oxygen atoms in total. The Hall–Kier alpha value is -0.0500. The van der Waals surface area contributed by atoms with Gasteiger partial charge in [-0.1, -0.05) is 28.1 Å². The molecule has 2 rings (SSSR count). The zero-order valence-electron chi connectivity index (χ0n) is 6.59. The van der Waals surface area contributed by atoms with Crippen molar-refractivity contribution in [3.05, 3.63) is 34.3 Å². The van der Waals surface area contributed by atoms with Gasteiger partial charge in [0.15, 0.2) is 0 Å². The zero-order valence-corrected chi connectivity index (χ0v) is 8.99. The summed E-state index contributed by atoms with van der Waals surface area (Å²) in [5.41, 5.74) is 1.39. The number of halogens is 2. The molecule has 0 aromatic heterocycles. The van der Waals surface area contributed by atoms with E-state index in [2.05, 4.69) is 45.5 Å². The maximum absolute atomic E-state index is 3.46. The van der Waals surface area contributed by atoms with Gasteiger partial charge in [-0.3, -0.25) is 0 Å². The number of hydrogen-bond donors (Lipinski definition) is 1. The number of rotatable bonds is 1. The Morgan fingerprint density at radius 3 is 2.67 bits per heavy atom. The molecule has 1 N–H and O–H groups in total. The SMILES string of the molecule is Brc1cccc([C@H]2CCN2)c1.Cl. The van der Waals surface area contributed by atoms with E-state index in [1.54, 1.807) is 0 Å². The maximum atomic E-state index is 3.46. The van der Waals surface area contributed by atoms with Gasteiger partial charge in [0.05, 0.1) is 0 Å². The van der Waals surface area contributed by atoms with Crippen molar-refractivity contribution in [1.29, 1.82) is 0 Å². The van der Waals surface area contributed by atoms with Crippen molar-refractivity contribution in [2.45, 2.75) is 12.5 Å². The van der Waals surface area contributed by atoms with Gasteiger partial charge in [0, 0.05) is 10.5 Å². The first-order valence-electron chi connectivity index (χ1n) is 3.85. The third-order valence-electron chi connectivity index (χ3n) is 2.07. The zero-order chi connectivity index (χ0) is 7.68. The van der Waals surface area contributed by atoms with E-state index in [4.69, 9.17) is 0 Å². The molecule has 0 bridgehead atoms. The van der Waals surface area contributed by atoms with Crippen LogP contribution in [0, 0.1) is 0 Å². The van der Waals surface area contributed by atoms with Crippen molar-refractivity contribution >= 4 is 28.3 Å². The van der Waals surface area contributed by atoms with Gasteiger partial charge in [-0.15, -0.1) is 12.4 Å². The third kappa shape index (κ3) is 2.00. The average molecular weight is 249 g/mol. The Kier molecular flexibility index (Phi) is 3.56. The van der Waals surface area contributed by atoms with Crippen molar-refractivity contribution < 1.29 is 0 Å². The summed E-state index contributed by atoms with van der Waals surface area (Å²) in [7, 11) is 0. The number of benzene rings is 1. The Bertz CT molecular complexity index is 260. The highest BCUT2D eigenvalue weighted by Gasteiger charge is 2.17. The molecule has 1 aliphatic heterocycles. The average Bonchev–Trinajstić information content (AvgIpc) is 1.83. The van der Waals surface area contributed by atoms with Crippen molar-refractivity contribution in [2.75, 3.05) is 6.54 Å². The van der Waals surface area contributed by atoms with Crippen LogP contribution >= 0.6 is 28.3 Å². The molecule has 1 aromatic carbocycles. The predicted octanol–water partition coefficient (Wildman–Crippen LogP) is 2.91. The highest BCUT2D eigenvalue weighted by Crippen LogP contribution is 2.24. The first-order chi connectivity index (χ1) is 5.36. The summed E-state index contributed by atoms with van der Waals surface area (Å²) < 4.78 is 1.17. The second kappa shape index (κ2) is 4.26. The van der Waals surface area contributed by atoms with Crippen molar-refractivity contribution in [1.82, 2.24) is 5.32 Å². The van der Waals surface area contributed by atoms with Gasteiger partial charge in [-0.2, -0.15) is 0 Å². The fourth-order valence-electron chi connectivity index (χ4n) is 1.30. The molecule has 12 heavy (non-hydrogen) atoms. The molecule has 0 aliphatic carbocycles. The highest BCUT2D eigenvalue weighted by atomic mass is 79.9. The molecule has 1 aromatic rings. The maximum Gasteiger partial charge on any atom is 0.0332 e. The van der Waals surface area contributed by atoms with Crippen LogP contribution in [-0.4, -0.2) is 6.54 Å². The molecule has 1 fully saturated rings. The molecule has 1 heterocycles. The molecule has 0 saturated carbocycles. The lowest BCUT2D eigenvalue weighted by Gasteiger charge is -2.28. The van der Waals surface area contributed by atoms with Gasteiger partial charge >= 0.3 is 0 Å². The molecule has 3 heteroatoms. The Labute approximate surface area is 87.1 Å². The minimum atomic E-state index is 0. The van der Waals surface area contributed by atoms with E-state index in [9.17, 15) is 0 Å². The van der Waals surface area contributed by atoms with Crippen LogP contribution in [0.2, 0.25) is 0 Å². The second-order valence-corrected chi connectivity index (χ2v) is 3.77. The molecule has 66 valence electrons. The van der Waals surface area contributed by atoms with Gasteiger partial charge in [0.1, 0.15) is 0 Å². The topological polar surface area (TPSA) is 12.0 Å². The van der Waals surface area contributed by atoms with E-state index in [1.807, 2.05) is 0 Å². The fourth-order valence-corrected chi connectivity index (χ4v) is 1.71. The van der Waals surface area contributed by atoms with Crippen LogP contribution in [0.25, 0.3) is 0 Å². The lowest BCUT2D eigenvalue weighted by atomic mass is 9.98. The molecule has 0 radical (unpaired) electrons. The van der Waals surface area contributed by atoms with Crippen molar-refractivity contribution in [3.63, 3.8) is 0 Å². The summed E-state index contributed by atoms with van der Waals surface area (Å²) in [5.74, 6) is 0. The largest absolute Gasteiger partial charge is 0.310 e. The molecule has 1 atom stereocenters. The van der Waals surface area contributed by atoms with Crippen LogP contribution < -0.4 is 5.32 Å². The molecule has 0 spiro atoms. The van der Waals surface area contributed by atoms with Gasteiger partial charge in [-0.05, 0) is 30.7 Å². The fraction of sp³-hybridized carbons (Fsp3) is 0.333. The summed E-state index contributed by atoms with van der Waals surface area (Å²) in [5, 5.41) is 3.37. The first kappa shape index (κ1) is 10.0. The van der Waals surface area contributed by atoms with Gasteiger partial charge in [0.25, 0.3) is 0 Å². The van der Waals surface area contributed by atoms with E-state index in [0.29, 0.717) is 6.04 Å². The van der Waals surface area contributed by atoms with E-state index in [0.717, 1.165) is 6.54 Å². The summed E-state index contributed by atoms with van der Waals surface area (Å²) >= 11 is 3.46. The molecule has 1 saturated heterocycles. The first-order valence-corrected chi connectivity index (χ1v) is 4.64. The van der Waals surface area contributed by atoms with Gasteiger partial charge in [-0.25, -0.2) is 0 Å². The van der Waals surface area contributed by atoms with Crippen LogP contribution in [0.3, 0.4) is 0 Å². The molecular weight excluding hydrogens is 237 g/mol. The lowest BCUT2D eigenvalue weighted by molar-refractivity contribution is 0.383. The quantitative estimate of drug-likeness (QED) is 0.806. The summed E-state index contributed by atoms with van der Waals surface area (Å²) in [6, 6.07) is 9.09. The Balaban J connectivity index is 0.000000720. The highest BCUT2D eigenvalue weighted by molar-refractivity contribution is 9.10. The van der Waals surface area contributed by atoms with Gasteiger partial charge < -0.3 is 5.32 Å². The standard InChI is InChI=1S/C9H10BrN.ClH/c10-8-3-1-2-7(6-8)9-4-5-11-9;/h1-3,6,9,11H,4-5H2;1H/t9-;/m1./s1. The van der Waals surface area contributed by atoms with Crippen LogP contribution in [0.15, 0.2) is 28.7 Å².